The van der Waals surface area contributed by atoms with Gasteiger partial charge in [0, 0.05) is 12.8 Å². The first-order valence-electron chi connectivity index (χ1n) is 2.13. The molecule has 0 aromatic carbocycles. The number of nitrogens with zero attached hydrogens (tertiary/aromatic N) is 1. The Hall–Kier alpha value is 0.140. The van der Waals surface area contributed by atoms with Crippen LogP contribution in [-0.4, -0.2) is 8.84 Å². The molecule has 8 heavy (non-hydrogen) atoms. The van der Waals surface area contributed by atoms with Gasteiger partial charge in [0.2, 0.25) is 0 Å². The van der Waals surface area contributed by atoms with E-state index in [1.165, 1.54) is 0 Å². The van der Waals surface area contributed by atoms with Crippen LogP contribution in [0.4, 0.5) is 0 Å². The third-order valence-electron chi connectivity index (χ3n) is 0.587. The molecule has 3 nitrogen and oxygen atoms in total. The Morgan fingerprint density at radius 3 is 2.50 bits per heavy atom. The van der Waals surface area contributed by atoms with E-state index >= 15 is 0 Å². The number of halogens is 1. The van der Waals surface area contributed by atoms with Gasteiger partial charge in [-0.1, -0.05) is 0 Å². The van der Waals surface area contributed by atoms with Gasteiger partial charge in [0.15, 0.2) is 3.73 Å². The maximum absolute atomic E-state index is 8.76. The summed E-state index contributed by atoms with van der Waals surface area (Å²) < 4.78 is -1.20. The molecule has 0 saturated heterocycles. The van der Waals surface area contributed by atoms with E-state index in [2.05, 4.69) is 0 Å². The maximum Gasteiger partial charge on any atom is 0.166 e. The maximum atomic E-state index is 8.76. The van der Waals surface area contributed by atoms with E-state index in [1.54, 1.807) is 22.6 Å². The summed E-state index contributed by atoms with van der Waals surface area (Å²) in [7, 11) is 0. The molecule has 0 aliphatic heterocycles. The van der Waals surface area contributed by atoms with E-state index in [1.807, 2.05) is 6.07 Å². The number of nitrogens with two attached hydrogens (primary N) is 1. The first-order valence-corrected chi connectivity index (χ1v) is 3.21. The highest BCUT2D eigenvalue weighted by Gasteiger charge is 2.13. The Morgan fingerprint density at radius 1 is 1.88 bits per heavy atom. The summed E-state index contributed by atoms with van der Waals surface area (Å²) in [5, 5.41) is 16.8. The predicted molar refractivity (Wildman–Crippen MR) is 38.0 cm³/mol. The van der Waals surface area contributed by atoms with Crippen molar-refractivity contribution in [3.05, 3.63) is 0 Å². The Morgan fingerprint density at radius 2 is 2.38 bits per heavy atom. The molecule has 3 N–H and O–H groups in total. The van der Waals surface area contributed by atoms with Crippen LogP contribution in [0.2, 0.25) is 0 Å². The lowest BCUT2D eigenvalue weighted by molar-refractivity contribution is 0.155. The molecule has 0 aliphatic carbocycles. The van der Waals surface area contributed by atoms with Gasteiger partial charge in [-0.15, -0.1) is 0 Å². The van der Waals surface area contributed by atoms with Crippen LogP contribution in [0.15, 0.2) is 0 Å². The highest BCUT2D eigenvalue weighted by Crippen LogP contribution is 2.12. The van der Waals surface area contributed by atoms with Crippen LogP contribution in [0.5, 0.6) is 0 Å². The average Bonchev–Trinajstić information content (AvgIpc) is 1.59. The van der Waals surface area contributed by atoms with Crippen LogP contribution in [0.1, 0.15) is 12.8 Å². The molecule has 0 spiro atoms. The second kappa shape index (κ2) is 3.22. The molecule has 0 fully saturated rings. The zero-order valence-electron chi connectivity index (χ0n) is 4.26. The lowest BCUT2D eigenvalue weighted by Crippen LogP contribution is -2.30. The highest BCUT2D eigenvalue weighted by molar-refractivity contribution is 14.1. The summed E-state index contributed by atoms with van der Waals surface area (Å²) >= 11 is 1.68. The molecule has 1 atom stereocenters. The Bertz CT molecular complexity index is 102. The Kier molecular flexibility index (Phi) is 3.28. The molecule has 46 valence electrons. The van der Waals surface area contributed by atoms with Crippen molar-refractivity contribution in [3.8, 4) is 6.07 Å². The summed E-state index contributed by atoms with van der Waals surface area (Å²) in [5.74, 6) is 0. The summed E-state index contributed by atoms with van der Waals surface area (Å²) in [4.78, 5) is 0. The number of rotatable bonds is 2. The SMILES string of the molecule is N#CCC[C@@](N)(O)I. The fourth-order valence-electron chi connectivity index (χ4n) is 0.231. The number of hydrogen-bond acceptors (Lipinski definition) is 3. The molecule has 0 amide bonds. The number of nitriles is 1. The first-order chi connectivity index (χ1) is 3.56. The van der Waals surface area contributed by atoms with Crippen molar-refractivity contribution < 1.29 is 5.11 Å². The first kappa shape index (κ1) is 8.14. The Labute approximate surface area is 61.6 Å². The molecule has 0 heterocycles. The zero-order chi connectivity index (χ0) is 6.62. The second-order valence-corrected chi connectivity index (χ2v) is 3.34. The molecule has 0 aliphatic rings. The standard InChI is InChI=1S/C4H7IN2O/c5-4(7,8)2-1-3-6/h8H,1-2,7H2/t4-/m1/s1. The summed E-state index contributed by atoms with van der Waals surface area (Å²) in [6.07, 6.45) is 0.625. The van der Waals surface area contributed by atoms with Crippen molar-refractivity contribution in [1.82, 2.24) is 0 Å². The van der Waals surface area contributed by atoms with Crippen molar-refractivity contribution in [2.45, 2.75) is 16.6 Å². The average molecular weight is 226 g/mol. The monoisotopic (exact) mass is 226 g/mol. The fourth-order valence-corrected chi connectivity index (χ4v) is 0.501. The van der Waals surface area contributed by atoms with E-state index in [0.29, 0.717) is 12.8 Å². The van der Waals surface area contributed by atoms with Crippen LogP contribution in [0.25, 0.3) is 0 Å². The van der Waals surface area contributed by atoms with E-state index in [0.717, 1.165) is 0 Å². The Balaban J connectivity index is 3.28. The molecule has 0 unspecified atom stereocenters. The van der Waals surface area contributed by atoms with Gasteiger partial charge in [-0.2, -0.15) is 5.26 Å². The molecular weight excluding hydrogens is 219 g/mol. The van der Waals surface area contributed by atoms with E-state index < -0.39 is 3.73 Å². The van der Waals surface area contributed by atoms with Gasteiger partial charge < -0.3 is 5.11 Å². The van der Waals surface area contributed by atoms with Crippen LogP contribution < -0.4 is 5.73 Å². The summed E-state index contributed by atoms with van der Waals surface area (Å²) in [6.45, 7) is 0. The van der Waals surface area contributed by atoms with Gasteiger partial charge in [-0.25, -0.2) is 0 Å². The lowest BCUT2D eigenvalue weighted by Gasteiger charge is -2.10. The molecule has 0 radical (unpaired) electrons. The second-order valence-electron chi connectivity index (χ2n) is 1.48. The van der Waals surface area contributed by atoms with Crippen molar-refractivity contribution in [2.24, 2.45) is 5.73 Å². The summed E-state index contributed by atoms with van der Waals surface area (Å²) in [5.41, 5.74) is 5.11. The lowest BCUT2D eigenvalue weighted by atomic mass is 10.3. The van der Waals surface area contributed by atoms with Gasteiger partial charge in [0.1, 0.15) is 0 Å². The quantitative estimate of drug-likeness (QED) is 0.308. The normalized spacial score (nSPS) is 16.8. The van der Waals surface area contributed by atoms with Gasteiger partial charge in [-0.3, -0.25) is 5.73 Å². The predicted octanol–water partition coefficient (Wildman–Crippen LogP) is 0.330. The minimum Gasteiger partial charge on any atom is -0.367 e. The third-order valence-corrected chi connectivity index (χ3v) is 1.13. The van der Waals surface area contributed by atoms with E-state index in [4.69, 9.17) is 16.1 Å². The molecule has 0 bridgehead atoms. The minimum atomic E-state index is -1.20. The number of hydrogen-bond donors (Lipinski definition) is 2. The van der Waals surface area contributed by atoms with Crippen LogP contribution in [-0.2, 0) is 0 Å². The van der Waals surface area contributed by atoms with Gasteiger partial charge in [0.05, 0.1) is 6.07 Å². The highest BCUT2D eigenvalue weighted by atomic mass is 127. The van der Waals surface area contributed by atoms with E-state index in [-0.39, 0.29) is 0 Å². The molecular formula is C4H7IN2O. The number of aliphatic hydroxyl groups is 1. The molecule has 0 aromatic rings. The van der Waals surface area contributed by atoms with Crippen molar-refractivity contribution >= 4 is 22.6 Å². The van der Waals surface area contributed by atoms with Crippen molar-refractivity contribution in [2.75, 3.05) is 0 Å². The zero-order valence-corrected chi connectivity index (χ0v) is 6.42. The largest absolute Gasteiger partial charge is 0.367 e. The smallest absolute Gasteiger partial charge is 0.166 e. The van der Waals surface area contributed by atoms with Crippen LogP contribution in [0, 0.1) is 11.3 Å². The third kappa shape index (κ3) is 6.14. The van der Waals surface area contributed by atoms with Crippen LogP contribution in [0.3, 0.4) is 0 Å². The van der Waals surface area contributed by atoms with E-state index in [9.17, 15) is 0 Å². The molecule has 0 saturated carbocycles. The molecule has 0 aromatic heterocycles. The molecule has 4 heteroatoms. The summed E-state index contributed by atoms with van der Waals surface area (Å²) in [6, 6.07) is 1.88. The number of alkyl halides is 1. The minimum absolute atomic E-state index is 0.302. The van der Waals surface area contributed by atoms with Gasteiger partial charge >= 0.3 is 0 Å². The van der Waals surface area contributed by atoms with Gasteiger partial charge in [0.25, 0.3) is 0 Å². The molecule has 0 rings (SSSR count). The van der Waals surface area contributed by atoms with Crippen LogP contribution >= 0.6 is 22.6 Å². The fraction of sp³-hybridized carbons (Fsp3) is 0.750. The van der Waals surface area contributed by atoms with Crippen molar-refractivity contribution in [1.29, 1.82) is 5.26 Å². The van der Waals surface area contributed by atoms with Crippen molar-refractivity contribution in [3.63, 3.8) is 0 Å². The van der Waals surface area contributed by atoms with Gasteiger partial charge in [-0.05, 0) is 22.6 Å². The topological polar surface area (TPSA) is 70.0 Å².